The average molecular weight is 554 g/mol. The smallest absolute Gasteiger partial charge is 0.273 e. The standard InChI is InChI=1S/C30H20ClN3O4S/c1-37-26-14-8-7-13-24(26)33-28(35)22(18-32)30-34(19-9-3-2-4-10-19)29(36)27(39-30)17-20-15-16-25(38-20)21-11-5-6-12-23(21)31/h2-17H,1H3,(H,33,35)/b27-17-,30-22-. The number of benzene rings is 3. The highest BCUT2D eigenvalue weighted by atomic mass is 35.5. The number of nitriles is 1. The van der Waals surface area contributed by atoms with Gasteiger partial charge in [-0.3, -0.25) is 14.2 Å². The second kappa shape index (κ2) is 11.3. The normalized spacial score (nSPS) is 12.1. The molecule has 0 fully saturated rings. The maximum Gasteiger partial charge on any atom is 0.273 e. The fourth-order valence-corrected chi connectivity index (χ4v) is 5.27. The van der Waals surface area contributed by atoms with Gasteiger partial charge in [0, 0.05) is 11.6 Å². The number of hydrogen-bond donors (Lipinski definition) is 1. The van der Waals surface area contributed by atoms with E-state index >= 15 is 0 Å². The van der Waals surface area contributed by atoms with Gasteiger partial charge in [-0.25, -0.2) is 0 Å². The van der Waals surface area contributed by atoms with Crippen LogP contribution in [0.4, 0.5) is 5.69 Å². The fraction of sp³-hybridized carbons (Fsp3) is 0.0333. The zero-order chi connectivity index (χ0) is 27.4. The Bertz CT molecular complexity index is 1900. The molecule has 2 heterocycles. The molecule has 5 rings (SSSR count). The summed E-state index contributed by atoms with van der Waals surface area (Å²) in [5.74, 6) is 0.744. The lowest BCUT2D eigenvalue weighted by Gasteiger charge is -2.09. The van der Waals surface area contributed by atoms with E-state index in [4.69, 9.17) is 20.8 Å². The number of nitrogens with one attached hydrogen (secondary N) is 1. The number of aromatic nitrogens is 1. The molecule has 0 saturated heterocycles. The lowest BCUT2D eigenvalue weighted by molar-refractivity contribution is -0.111. The van der Waals surface area contributed by atoms with Crippen LogP contribution in [-0.2, 0) is 4.79 Å². The third-order valence-electron chi connectivity index (χ3n) is 5.79. The predicted molar refractivity (Wildman–Crippen MR) is 153 cm³/mol. The van der Waals surface area contributed by atoms with Crippen LogP contribution in [0.25, 0.3) is 28.7 Å². The summed E-state index contributed by atoms with van der Waals surface area (Å²) in [4.78, 5) is 26.9. The first-order valence-electron chi connectivity index (χ1n) is 11.7. The predicted octanol–water partition coefficient (Wildman–Crippen LogP) is 4.96. The third-order valence-corrected chi connectivity index (χ3v) is 7.21. The number of rotatable bonds is 6. The van der Waals surface area contributed by atoms with E-state index in [0.29, 0.717) is 33.7 Å². The Morgan fingerprint density at radius 3 is 2.49 bits per heavy atom. The maximum atomic E-state index is 13.6. The summed E-state index contributed by atoms with van der Waals surface area (Å²) in [5, 5.41) is 13.3. The Morgan fingerprint density at radius 2 is 1.74 bits per heavy atom. The summed E-state index contributed by atoms with van der Waals surface area (Å²) in [6, 6.07) is 28.5. The summed E-state index contributed by atoms with van der Waals surface area (Å²) in [6.45, 7) is 0. The molecule has 9 heteroatoms. The molecule has 5 aromatic rings. The molecule has 0 aliphatic heterocycles. The molecule has 0 unspecified atom stereocenters. The van der Waals surface area contributed by atoms with E-state index in [1.807, 2.05) is 30.3 Å². The molecular weight excluding hydrogens is 534 g/mol. The number of furan rings is 1. The molecule has 7 nitrogen and oxygen atoms in total. The molecule has 1 amide bonds. The zero-order valence-electron chi connectivity index (χ0n) is 20.6. The number of halogens is 1. The van der Waals surface area contributed by atoms with Crippen molar-refractivity contribution >= 4 is 46.2 Å². The number of anilines is 1. The van der Waals surface area contributed by atoms with Crippen molar-refractivity contribution in [2.24, 2.45) is 0 Å². The minimum atomic E-state index is -0.668. The SMILES string of the molecule is COc1ccccc1NC(=O)/C(C#N)=c1\s/c(=C\c2ccc(-c3ccccc3Cl)o2)c(=O)n1-c1ccccc1. The van der Waals surface area contributed by atoms with Crippen LogP contribution in [0.3, 0.4) is 0 Å². The molecule has 0 aliphatic rings. The van der Waals surface area contributed by atoms with Crippen LogP contribution in [0.5, 0.6) is 5.75 Å². The largest absolute Gasteiger partial charge is 0.495 e. The molecule has 3 aromatic carbocycles. The summed E-state index contributed by atoms with van der Waals surface area (Å²) in [7, 11) is 1.49. The van der Waals surface area contributed by atoms with Gasteiger partial charge >= 0.3 is 0 Å². The second-order valence-electron chi connectivity index (χ2n) is 8.21. The van der Waals surface area contributed by atoms with Gasteiger partial charge in [0.2, 0.25) is 0 Å². The molecule has 0 spiro atoms. The second-order valence-corrected chi connectivity index (χ2v) is 9.65. The first kappa shape index (κ1) is 25.8. The van der Waals surface area contributed by atoms with Gasteiger partial charge in [0.05, 0.1) is 28.0 Å². The zero-order valence-corrected chi connectivity index (χ0v) is 22.1. The number of hydrogen-bond acceptors (Lipinski definition) is 6. The molecule has 192 valence electrons. The fourth-order valence-electron chi connectivity index (χ4n) is 3.96. The van der Waals surface area contributed by atoms with Crippen molar-refractivity contribution in [2.75, 3.05) is 12.4 Å². The van der Waals surface area contributed by atoms with Gasteiger partial charge in [-0.1, -0.05) is 54.1 Å². The topological polar surface area (TPSA) is 97.3 Å². The van der Waals surface area contributed by atoms with Crippen LogP contribution >= 0.6 is 22.9 Å². The number of carbonyl (C=O) groups excluding carboxylic acids is 1. The van der Waals surface area contributed by atoms with E-state index in [9.17, 15) is 14.9 Å². The maximum absolute atomic E-state index is 13.6. The Balaban J connectivity index is 1.67. The van der Waals surface area contributed by atoms with Gasteiger partial charge in [-0.05, 0) is 48.5 Å². The highest BCUT2D eigenvalue weighted by molar-refractivity contribution is 7.07. The lowest BCUT2D eigenvalue weighted by Crippen LogP contribution is -2.32. The number of methoxy groups -OCH3 is 1. The van der Waals surface area contributed by atoms with Crippen molar-refractivity contribution in [3.8, 4) is 28.8 Å². The third kappa shape index (κ3) is 5.27. The van der Waals surface area contributed by atoms with Crippen LogP contribution in [0.1, 0.15) is 5.76 Å². The highest BCUT2D eigenvalue weighted by Gasteiger charge is 2.18. The number of ether oxygens (including phenoxy) is 1. The van der Waals surface area contributed by atoms with Crippen LogP contribution in [-0.4, -0.2) is 17.6 Å². The number of carbonyl (C=O) groups is 1. The van der Waals surface area contributed by atoms with E-state index in [2.05, 4.69) is 5.32 Å². The van der Waals surface area contributed by atoms with E-state index in [1.54, 1.807) is 72.8 Å². The van der Waals surface area contributed by atoms with Gasteiger partial charge in [0.25, 0.3) is 11.5 Å². The minimum absolute atomic E-state index is 0.185. The van der Waals surface area contributed by atoms with Gasteiger partial charge in [0.1, 0.15) is 28.0 Å². The van der Waals surface area contributed by atoms with Crippen molar-refractivity contribution < 1.29 is 13.9 Å². The molecule has 0 atom stereocenters. The molecule has 0 radical (unpaired) electrons. The first-order chi connectivity index (χ1) is 19.0. The van der Waals surface area contributed by atoms with Crippen LogP contribution in [0, 0.1) is 11.3 Å². The van der Waals surface area contributed by atoms with Crippen molar-refractivity contribution in [3.63, 3.8) is 0 Å². The van der Waals surface area contributed by atoms with Crippen molar-refractivity contribution in [1.29, 1.82) is 5.26 Å². The average Bonchev–Trinajstić information content (AvgIpc) is 3.54. The van der Waals surface area contributed by atoms with E-state index in [0.717, 1.165) is 16.9 Å². The lowest BCUT2D eigenvalue weighted by atomic mass is 10.2. The summed E-state index contributed by atoms with van der Waals surface area (Å²) in [5.41, 5.74) is 1.03. The number of para-hydroxylation sites is 3. The number of amides is 1. The molecule has 1 N–H and O–H groups in total. The minimum Gasteiger partial charge on any atom is -0.495 e. The van der Waals surface area contributed by atoms with Crippen LogP contribution < -0.4 is 24.8 Å². The Labute approximate surface area is 232 Å². The Hall–Kier alpha value is -4.84. The van der Waals surface area contributed by atoms with Gasteiger partial charge in [-0.2, -0.15) is 5.26 Å². The van der Waals surface area contributed by atoms with E-state index in [-0.39, 0.29) is 14.8 Å². The molecule has 2 aromatic heterocycles. The van der Waals surface area contributed by atoms with Gasteiger partial charge in [-0.15, -0.1) is 11.3 Å². The molecule has 0 aliphatic carbocycles. The number of thiazole rings is 1. The highest BCUT2D eigenvalue weighted by Crippen LogP contribution is 2.29. The summed E-state index contributed by atoms with van der Waals surface area (Å²) in [6.07, 6.45) is 1.59. The van der Waals surface area contributed by atoms with Gasteiger partial charge in [0.15, 0.2) is 5.57 Å². The molecule has 0 saturated carbocycles. The van der Waals surface area contributed by atoms with Crippen molar-refractivity contribution in [1.82, 2.24) is 4.57 Å². The van der Waals surface area contributed by atoms with E-state index in [1.165, 1.54) is 11.7 Å². The van der Waals surface area contributed by atoms with Crippen LogP contribution in [0.15, 0.2) is 100 Å². The quantitative estimate of drug-likeness (QED) is 0.320. The first-order valence-corrected chi connectivity index (χ1v) is 12.9. The van der Waals surface area contributed by atoms with Gasteiger partial charge < -0.3 is 14.5 Å². The summed E-state index contributed by atoms with van der Waals surface area (Å²) >= 11 is 7.33. The van der Waals surface area contributed by atoms with Crippen molar-refractivity contribution in [2.45, 2.75) is 0 Å². The molecular formula is C30H20ClN3O4S. The van der Waals surface area contributed by atoms with Crippen LogP contribution in [0.2, 0.25) is 5.02 Å². The van der Waals surface area contributed by atoms with E-state index < -0.39 is 11.5 Å². The molecule has 39 heavy (non-hydrogen) atoms. The Morgan fingerprint density at radius 1 is 1.03 bits per heavy atom. The molecule has 0 bridgehead atoms. The monoisotopic (exact) mass is 553 g/mol. The van der Waals surface area contributed by atoms with Crippen molar-refractivity contribution in [3.05, 3.63) is 121 Å². The number of nitrogens with zero attached hydrogens (tertiary/aromatic N) is 2. The summed E-state index contributed by atoms with van der Waals surface area (Å²) < 4.78 is 13.1. The Kier molecular flexibility index (Phi) is 7.46.